The summed E-state index contributed by atoms with van der Waals surface area (Å²) >= 11 is 0. The molecule has 1 unspecified atom stereocenters. The fourth-order valence-corrected chi connectivity index (χ4v) is 1.53. The first-order valence-electron chi connectivity index (χ1n) is 4.40. The molecule has 0 N–H and O–H groups in total. The van der Waals surface area contributed by atoms with Gasteiger partial charge < -0.3 is 9.64 Å². The van der Waals surface area contributed by atoms with Gasteiger partial charge in [-0.25, -0.2) is 0 Å². The second kappa shape index (κ2) is 5.22. The van der Waals surface area contributed by atoms with Crippen LogP contribution in [0.4, 0.5) is 0 Å². The summed E-state index contributed by atoms with van der Waals surface area (Å²) in [5.41, 5.74) is 0. The number of nitroso groups, excluding NO2 is 1. The van der Waals surface area contributed by atoms with Crippen LogP contribution >= 0.6 is 0 Å². The molecule has 12 heavy (non-hydrogen) atoms. The number of rotatable bonds is 5. The Kier molecular flexibility index (Phi) is 4.18. The molecule has 4 nitrogen and oxygen atoms in total. The minimum Gasteiger partial charge on any atom is -0.385 e. The zero-order valence-electron chi connectivity index (χ0n) is 7.53. The van der Waals surface area contributed by atoms with Crippen LogP contribution in [-0.2, 0) is 4.74 Å². The molecule has 70 valence electrons. The van der Waals surface area contributed by atoms with Crippen molar-refractivity contribution in [2.24, 2.45) is 5.18 Å². The summed E-state index contributed by atoms with van der Waals surface area (Å²) in [6, 6.07) is 0.0348. The van der Waals surface area contributed by atoms with Crippen LogP contribution in [-0.4, -0.2) is 44.3 Å². The van der Waals surface area contributed by atoms with Crippen LogP contribution < -0.4 is 0 Å². The van der Waals surface area contributed by atoms with E-state index in [1.165, 1.54) is 0 Å². The van der Waals surface area contributed by atoms with Crippen LogP contribution in [0.1, 0.15) is 12.8 Å². The van der Waals surface area contributed by atoms with E-state index >= 15 is 0 Å². The van der Waals surface area contributed by atoms with Gasteiger partial charge in [-0.1, -0.05) is 5.18 Å². The molecule has 0 amide bonds. The van der Waals surface area contributed by atoms with Crippen molar-refractivity contribution in [3.63, 3.8) is 0 Å². The Morgan fingerprint density at radius 2 is 2.50 bits per heavy atom. The number of hydrogen-bond acceptors (Lipinski definition) is 4. The van der Waals surface area contributed by atoms with E-state index in [9.17, 15) is 4.91 Å². The van der Waals surface area contributed by atoms with Crippen LogP contribution in [0.5, 0.6) is 0 Å². The molecule has 0 spiro atoms. The largest absolute Gasteiger partial charge is 0.385 e. The van der Waals surface area contributed by atoms with Gasteiger partial charge in [-0.3, -0.25) is 0 Å². The predicted molar refractivity (Wildman–Crippen MR) is 47.1 cm³/mol. The Bertz CT molecular complexity index is 141. The highest BCUT2D eigenvalue weighted by molar-refractivity contribution is 4.79. The minimum atomic E-state index is 0.0348. The lowest BCUT2D eigenvalue weighted by molar-refractivity contribution is 0.179. The lowest BCUT2D eigenvalue weighted by Gasteiger charge is -2.13. The van der Waals surface area contributed by atoms with E-state index in [1.807, 2.05) is 0 Å². The third-order valence-electron chi connectivity index (χ3n) is 2.22. The van der Waals surface area contributed by atoms with Crippen LogP contribution in [0, 0.1) is 4.91 Å². The highest BCUT2D eigenvalue weighted by Crippen LogP contribution is 2.11. The van der Waals surface area contributed by atoms with E-state index < -0.39 is 0 Å². The SMILES string of the molecule is COCCCN1CCC(N=O)C1. The summed E-state index contributed by atoms with van der Waals surface area (Å²) in [6.45, 7) is 3.68. The van der Waals surface area contributed by atoms with Crippen molar-refractivity contribution in [3.05, 3.63) is 4.91 Å². The van der Waals surface area contributed by atoms with Crippen LogP contribution in [0.2, 0.25) is 0 Å². The second-order valence-electron chi connectivity index (χ2n) is 3.19. The molecule has 4 heteroatoms. The fourth-order valence-electron chi connectivity index (χ4n) is 1.53. The Balaban J connectivity index is 2.06. The van der Waals surface area contributed by atoms with E-state index in [-0.39, 0.29) is 6.04 Å². The average molecular weight is 172 g/mol. The first kappa shape index (κ1) is 9.61. The van der Waals surface area contributed by atoms with Gasteiger partial charge >= 0.3 is 0 Å². The zero-order valence-corrected chi connectivity index (χ0v) is 7.53. The molecule has 0 aromatic rings. The number of ether oxygens (including phenoxy) is 1. The predicted octanol–water partition coefficient (Wildman–Crippen LogP) is 0.864. The number of hydrogen-bond donors (Lipinski definition) is 0. The van der Waals surface area contributed by atoms with E-state index in [2.05, 4.69) is 10.1 Å². The lowest BCUT2D eigenvalue weighted by Crippen LogP contribution is -2.23. The topological polar surface area (TPSA) is 41.9 Å². The van der Waals surface area contributed by atoms with E-state index in [0.29, 0.717) is 0 Å². The number of methoxy groups -OCH3 is 1. The maximum Gasteiger partial charge on any atom is 0.106 e. The zero-order chi connectivity index (χ0) is 8.81. The maximum absolute atomic E-state index is 10.2. The summed E-state index contributed by atoms with van der Waals surface area (Å²) < 4.78 is 4.94. The number of likely N-dealkylation sites (tertiary alicyclic amines) is 1. The standard InChI is InChI=1S/C8H16N2O2/c1-12-6-2-4-10-5-3-8(7-10)9-11/h8H,2-7H2,1H3. The van der Waals surface area contributed by atoms with Gasteiger partial charge in [0.2, 0.25) is 0 Å². The molecule has 0 bridgehead atoms. The van der Waals surface area contributed by atoms with E-state index in [1.54, 1.807) is 7.11 Å². The molecule has 1 fully saturated rings. The van der Waals surface area contributed by atoms with E-state index in [0.717, 1.165) is 39.1 Å². The first-order valence-corrected chi connectivity index (χ1v) is 4.40. The molecular weight excluding hydrogens is 156 g/mol. The molecule has 1 saturated heterocycles. The van der Waals surface area contributed by atoms with Gasteiger partial charge in [0.25, 0.3) is 0 Å². The summed E-state index contributed by atoms with van der Waals surface area (Å²) in [4.78, 5) is 12.5. The monoisotopic (exact) mass is 172 g/mol. The average Bonchev–Trinajstić information content (AvgIpc) is 2.53. The van der Waals surface area contributed by atoms with Gasteiger partial charge in [-0.2, -0.15) is 4.91 Å². The lowest BCUT2D eigenvalue weighted by atomic mass is 10.3. The van der Waals surface area contributed by atoms with E-state index in [4.69, 9.17) is 4.74 Å². The van der Waals surface area contributed by atoms with Crippen LogP contribution in [0.25, 0.3) is 0 Å². The van der Waals surface area contributed by atoms with Crippen molar-refractivity contribution < 1.29 is 4.74 Å². The van der Waals surface area contributed by atoms with Gasteiger partial charge in [0.1, 0.15) is 6.04 Å². The smallest absolute Gasteiger partial charge is 0.106 e. The van der Waals surface area contributed by atoms with Crippen molar-refractivity contribution in [1.82, 2.24) is 4.90 Å². The van der Waals surface area contributed by atoms with Crippen molar-refractivity contribution in [2.75, 3.05) is 33.4 Å². The Labute approximate surface area is 72.9 Å². The van der Waals surface area contributed by atoms with Crippen molar-refractivity contribution >= 4 is 0 Å². The maximum atomic E-state index is 10.2. The van der Waals surface area contributed by atoms with Crippen LogP contribution in [0.15, 0.2) is 5.18 Å². The normalized spacial score (nSPS) is 24.6. The van der Waals surface area contributed by atoms with Crippen molar-refractivity contribution in [3.8, 4) is 0 Å². The molecule has 1 atom stereocenters. The first-order chi connectivity index (χ1) is 5.86. The van der Waals surface area contributed by atoms with Gasteiger partial charge in [0.05, 0.1) is 0 Å². The molecule has 0 aliphatic carbocycles. The minimum absolute atomic E-state index is 0.0348. The molecule has 0 aromatic heterocycles. The van der Waals surface area contributed by atoms with Crippen molar-refractivity contribution in [1.29, 1.82) is 0 Å². The quantitative estimate of drug-likeness (QED) is 0.456. The Morgan fingerprint density at radius 1 is 1.67 bits per heavy atom. The molecule has 0 saturated carbocycles. The van der Waals surface area contributed by atoms with Crippen molar-refractivity contribution in [2.45, 2.75) is 18.9 Å². The Hall–Kier alpha value is -0.480. The molecule has 1 aliphatic heterocycles. The van der Waals surface area contributed by atoms with Gasteiger partial charge in [-0.15, -0.1) is 0 Å². The molecule has 1 heterocycles. The third-order valence-corrected chi connectivity index (χ3v) is 2.22. The van der Waals surface area contributed by atoms with Gasteiger partial charge in [0.15, 0.2) is 0 Å². The summed E-state index contributed by atoms with van der Waals surface area (Å²) in [5.74, 6) is 0. The van der Waals surface area contributed by atoms with Crippen LogP contribution in [0.3, 0.4) is 0 Å². The summed E-state index contributed by atoms with van der Waals surface area (Å²) in [5, 5.41) is 3.04. The molecule has 1 rings (SSSR count). The van der Waals surface area contributed by atoms with Gasteiger partial charge in [0, 0.05) is 33.4 Å². The highest BCUT2D eigenvalue weighted by Gasteiger charge is 2.21. The van der Waals surface area contributed by atoms with Gasteiger partial charge in [-0.05, 0) is 12.8 Å². The Morgan fingerprint density at radius 3 is 3.08 bits per heavy atom. The molecule has 0 radical (unpaired) electrons. The molecule has 0 aromatic carbocycles. The highest BCUT2D eigenvalue weighted by atomic mass is 16.5. The fraction of sp³-hybridized carbons (Fsp3) is 1.00. The summed E-state index contributed by atoms with van der Waals surface area (Å²) in [7, 11) is 1.71. The number of nitrogens with zero attached hydrogens (tertiary/aromatic N) is 2. The second-order valence-corrected chi connectivity index (χ2v) is 3.19. The molecular formula is C8H16N2O2. The third kappa shape index (κ3) is 2.87. The molecule has 1 aliphatic rings. The summed E-state index contributed by atoms with van der Waals surface area (Å²) in [6.07, 6.45) is 1.97.